The molecule has 2 aliphatic carbocycles. The number of halogens is 1. The van der Waals surface area contributed by atoms with E-state index in [1.54, 1.807) is 6.07 Å². The highest BCUT2D eigenvalue weighted by Crippen LogP contribution is 2.60. The molecule has 0 spiro atoms. The van der Waals surface area contributed by atoms with Crippen molar-refractivity contribution in [3.8, 4) is 0 Å². The summed E-state index contributed by atoms with van der Waals surface area (Å²) in [6.45, 7) is 1.34. The fraction of sp³-hybridized carbons (Fsp3) is 0.533. The van der Waals surface area contributed by atoms with Crippen LogP contribution in [0.4, 0.5) is 5.69 Å². The number of benzene rings is 1. The summed E-state index contributed by atoms with van der Waals surface area (Å²) in [5.74, 6) is 0.895. The van der Waals surface area contributed by atoms with Crippen molar-refractivity contribution in [1.29, 1.82) is 0 Å². The first kappa shape index (κ1) is 12.9. The standard InChI is InChI=1S/C15H19ClN2O/c16-12-3-1-2-4-13(12)18-14(19)9-17-10-15(7-8-15)11-5-6-11/h1-4,11,17H,5-10H2,(H,18,19). The molecule has 2 fully saturated rings. The Morgan fingerprint density at radius 3 is 2.68 bits per heavy atom. The third kappa shape index (κ3) is 3.10. The topological polar surface area (TPSA) is 41.1 Å². The number of carbonyl (C=O) groups excluding carboxylic acids is 1. The first-order valence-corrected chi connectivity index (χ1v) is 7.32. The fourth-order valence-corrected chi connectivity index (χ4v) is 2.95. The Labute approximate surface area is 118 Å². The van der Waals surface area contributed by atoms with Crippen LogP contribution in [-0.2, 0) is 4.79 Å². The van der Waals surface area contributed by atoms with Gasteiger partial charge in [0.15, 0.2) is 0 Å². The summed E-state index contributed by atoms with van der Waals surface area (Å²) in [5.41, 5.74) is 1.21. The SMILES string of the molecule is O=C(CNCC1(C2CC2)CC1)Nc1ccccc1Cl. The number of carbonyl (C=O) groups is 1. The first-order valence-electron chi connectivity index (χ1n) is 6.95. The molecule has 102 valence electrons. The van der Waals surface area contributed by atoms with Gasteiger partial charge in [-0.05, 0) is 49.1 Å². The van der Waals surface area contributed by atoms with Crippen LogP contribution in [0.5, 0.6) is 0 Å². The Morgan fingerprint density at radius 1 is 1.32 bits per heavy atom. The normalized spacial score (nSPS) is 20.1. The van der Waals surface area contributed by atoms with Gasteiger partial charge in [-0.25, -0.2) is 0 Å². The minimum atomic E-state index is -0.0281. The minimum Gasteiger partial charge on any atom is -0.324 e. The molecule has 2 saturated carbocycles. The van der Waals surface area contributed by atoms with E-state index >= 15 is 0 Å². The van der Waals surface area contributed by atoms with Crippen molar-refractivity contribution in [2.24, 2.45) is 11.3 Å². The van der Waals surface area contributed by atoms with E-state index in [9.17, 15) is 4.79 Å². The number of hydrogen-bond donors (Lipinski definition) is 2. The molecule has 0 saturated heterocycles. The number of para-hydroxylation sites is 1. The molecule has 2 aliphatic rings. The third-order valence-electron chi connectivity index (χ3n) is 4.25. The second-order valence-corrected chi connectivity index (χ2v) is 6.18. The maximum Gasteiger partial charge on any atom is 0.238 e. The van der Waals surface area contributed by atoms with Crippen LogP contribution in [0.2, 0.25) is 5.02 Å². The summed E-state index contributed by atoms with van der Waals surface area (Å²) in [6, 6.07) is 7.30. The van der Waals surface area contributed by atoms with Crippen LogP contribution < -0.4 is 10.6 Å². The van der Waals surface area contributed by atoms with Gasteiger partial charge in [0.2, 0.25) is 5.91 Å². The smallest absolute Gasteiger partial charge is 0.238 e. The lowest BCUT2D eigenvalue weighted by Crippen LogP contribution is -2.33. The average Bonchev–Trinajstić information content (AvgIpc) is 3.25. The van der Waals surface area contributed by atoms with Gasteiger partial charge >= 0.3 is 0 Å². The van der Waals surface area contributed by atoms with Crippen molar-refractivity contribution >= 4 is 23.2 Å². The van der Waals surface area contributed by atoms with Crippen LogP contribution >= 0.6 is 11.6 Å². The van der Waals surface area contributed by atoms with Crippen LogP contribution in [0.25, 0.3) is 0 Å². The zero-order valence-electron chi connectivity index (χ0n) is 10.9. The lowest BCUT2D eigenvalue weighted by atomic mass is 10.0. The summed E-state index contributed by atoms with van der Waals surface area (Å²) >= 11 is 6.00. The predicted octanol–water partition coefficient (Wildman–Crippen LogP) is 3.06. The lowest BCUT2D eigenvalue weighted by Gasteiger charge is -2.15. The van der Waals surface area contributed by atoms with Gasteiger partial charge in [-0.1, -0.05) is 23.7 Å². The van der Waals surface area contributed by atoms with Crippen molar-refractivity contribution in [3.63, 3.8) is 0 Å². The van der Waals surface area contributed by atoms with Gasteiger partial charge in [-0.3, -0.25) is 4.79 Å². The van der Waals surface area contributed by atoms with E-state index in [-0.39, 0.29) is 5.91 Å². The molecule has 1 aromatic rings. The van der Waals surface area contributed by atoms with E-state index in [2.05, 4.69) is 10.6 Å². The van der Waals surface area contributed by atoms with Gasteiger partial charge in [-0.2, -0.15) is 0 Å². The highest BCUT2D eigenvalue weighted by atomic mass is 35.5. The highest BCUT2D eigenvalue weighted by Gasteiger charge is 2.53. The number of rotatable bonds is 6. The predicted molar refractivity (Wildman–Crippen MR) is 77.3 cm³/mol. The second kappa shape index (κ2) is 5.14. The van der Waals surface area contributed by atoms with Crippen molar-refractivity contribution in [2.45, 2.75) is 25.7 Å². The van der Waals surface area contributed by atoms with Crippen molar-refractivity contribution in [2.75, 3.05) is 18.4 Å². The van der Waals surface area contributed by atoms with Gasteiger partial charge in [0.05, 0.1) is 17.3 Å². The summed E-state index contributed by atoms with van der Waals surface area (Å²) in [4.78, 5) is 11.8. The van der Waals surface area contributed by atoms with Crippen LogP contribution in [0.1, 0.15) is 25.7 Å². The molecule has 0 bridgehead atoms. The summed E-state index contributed by atoms with van der Waals surface area (Å²) in [6.07, 6.45) is 5.43. The molecule has 1 amide bonds. The monoisotopic (exact) mass is 278 g/mol. The number of nitrogens with one attached hydrogen (secondary N) is 2. The summed E-state index contributed by atoms with van der Waals surface area (Å²) < 4.78 is 0. The molecule has 0 aliphatic heterocycles. The maximum absolute atomic E-state index is 11.8. The number of anilines is 1. The fourth-order valence-electron chi connectivity index (χ4n) is 2.77. The first-order chi connectivity index (χ1) is 9.20. The minimum absolute atomic E-state index is 0.0281. The second-order valence-electron chi connectivity index (χ2n) is 5.77. The Balaban J connectivity index is 1.43. The van der Waals surface area contributed by atoms with Crippen molar-refractivity contribution in [3.05, 3.63) is 29.3 Å². The maximum atomic E-state index is 11.8. The van der Waals surface area contributed by atoms with Gasteiger partial charge < -0.3 is 10.6 Å². The summed E-state index contributed by atoms with van der Waals surface area (Å²) in [5, 5.41) is 6.70. The quantitative estimate of drug-likeness (QED) is 0.840. The van der Waals surface area contributed by atoms with Gasteiger partial charge in [-0.15, -0.1) is 0 Å². The largest absolute Gasteiger partial charge is 0.324 e. The Hall–Kier alpha value is -1.06. The number of hydrogen-bond acceptors (Lipinski definition) is 2. The zero-order chi connectivity index (χ0) is 13.3. The number of amides is 1. The van der Waals surface area contributed by atoms with Gasteiger partial charge in [0.25, 0.3) is 0 Å². The van der Waals surface area contributed by atoms with E-state index < -0.39 is 0 Å². The van der Waals surface area contributed by atoms with Crippen molar-refractivity contribution in [1.82, 2.24) is 5.32 Å². The Bertz CT molecular complexity index is 481. The molecule has 4 heteroatoms. The molecule has 2 N–H and O–H groups in total. The van der Waals surface area contributed by atoms with E-state index in [0.717, 1.165) is 12.5 Å². The van der Waals surface area contributed by atoms with Gasteiger partial charge in [0.1, 0.15) is 0 Å². The molecule has 3 nitrogen and oxygen atoms in total. The van der Waals surface area contributed by atoms with E-state index in [1.807, 2.05) is 18.2 Å². The molecule has 3 rings (SSSR count). The molecule has 0 aromatic heterocycles. The molecule has 0 heterocycles. The molecule has 0 atom stereocenters. The molecule has 1 aromatic carbocycles. The van der Waals surface area contributed by atoms with Crippen LogP contribution in [0.15, 0.2) is 24.3 Å². The van der Waals surface area contributed by atoms with Crippen LogP contribution in [0.3, 0.4) is 0 Å². The summed E-state index contributed by atoms with van der Waals surface area (Å²) in [7, 11) is 0. The molecule has 19 heavy (non-hydrogen) atoms. The molecule has 0 radical (unpaired) electrons. The molecular formula is C15H19ClN2O. The third-order valence-corrected chi connectivity index (χ3v) is 4.58. The zero-order valence-corrected chi connectivity index (χ0v) is 11.7. The van der Waals surface area contributed by atoms with Crippen LogP contribution in [-0.4, -0.2) is 19.0 Å². The molecular weight excluding hydrogens is 260 g/mol. The van der Waals surface area contributed by atoms with Crippen LogP contribution in [0, 0.1) is 11.3 Å². The van der Waals surface area contributed by atoms with E-state index in [4.69, 9.17) is 11.6 Å². The van der Waals surface area contributed by atoms with Crippen molar-refractivity contribution < 1.29 is 4.79 Å². The Kier molecular flexibility index (Phi) is 3.50. The average molecular weight is 279 g/mol. The van der Waals surface area contributed by atoms with E-state index in [0.29, 0.717) is 22.7 Å². The van der Waals surface area contributed by atoms with Gasteiger partial charge in [0, 0.05) is 6.54 Å². The van der Waals surface area contributed by atoms with E-state index in [1.165, 1.54) is 25.7 Å². The Morgan fingerprint density at radius 2 is 2.05 bits per heavy atom. The molecule has 0 unspecified atom stereocenters. The highest BCUT2D eigenvalue weighted by molar-refractivity contribution is 6.33. The lowest BCUT2D eigenvalue weighted by molar-refractivity contribution is -0.115.